The Morgan fingerprint density at radius 2 is 2.00 bits per heavy atom. The second kappa shape index (κ2) is 6.17. The Morgan fingerprint density at radius 3 is 2.56 bits per heavy atom. The molecule has 0 spiro atoms. The highest BCUT2D eigenvalue weighted by atomic mass is 14.9. The van der Waals surface area contributed by atoms with Crippen molar-refractivity contribution in [3.8, 4) is 6.07 Å². The van der Waals surface area contributed by atoms with Crippen LogP contribution in [0.1, 0.15) is 37.8 Å². The molecule has 0 fully saturated rings. The first-order chi connectivity index (χ1) is 7.71. The topological polar surface area (TPSA) is 35.8 Å². The van der Waals surface area contributed by atoms with Crippen LogP contribution in [-0.4, -0.2) is 6.54 Å². The van der Waals surface area contributed by atoms with Crippen molar-refractivity contribution in [3.63, 3.8) is 0 Å². The molecule has 0 radical (unpaired) electrons. The lowest BCUT2D eigenvalue weighted by Gasteiger charge is -2.15. The third-order valence-corrected chi connectivity index (χ3v) is 3.10. The van der Waals surface area contributed by atoms with Crippen molar-refractivity contribution in [3.05, 3.63) is 29.3 Å². The molecular weight excluding hydrogens is 196 g/mol. The molecule has 1 aromatic carbocycles. The van der Waals surface area contributed by atoms with Crippen LogP contribution in [0, 0.1) is 24.2 Å². The van der Waals surface area contributed by atoms with Crippen LogP contribution in [0.15, 0.2) is 18.2 Å². The number of nitrogens with zero attached hydrogens (tertiary/aromatic N) is 1. The summed E-state index contributed by atoms with van der Waals surface area (Å²) >= 11 is 0. The first-order valence-electron chi connectivity index (χ1n) is 5.95. The van der Waals surface area contributed by atoms with E-state index in [0.29, 0.717) is 5.92 Å². The molecule has 0 bridgehead atoms. The number of benzene rings is 1. The molecule has 16 heavy (non-hydrogen) atoms. The van der Waals surface area contributed by atoms with E-state index in [1.54, 1.807) is 0 Å². The summed E-state index contributed by atoms with van der Waals surface area (Å²) in [7, 11) is 0. The fourth-order valence-electron chi connectivity index (χ4n) is 1.71. The number of rotatable bonds is 5. The van der Waals surface area contributed by atoms with E-state index >= 15 is 0 Å². The molecule has 2 heteroatoms. The summed E-state index contributed by atoms with van der Waals surface area (Å²) in [6.45, 7) is 7.49. The van der Waals surface area contributed by atoms with Crippen molar-refractivity contribution in [2.45, 2.75) is 33.6 Å². The molecule has 86 valence electrons. The zero-order valence-corrected chi connectivity index (χ0v) is 10.4. The summed E-state index contributed by atoms with van der Waals surface area (Å²) in [6.07, 6.45) is 2.39. The minimum atomic E-state index is 0.713. The van der Waals surface area contributed by atoms with Crippen LogP contribution < -0.4 is 5.32 Å². The van der Waals surface area contributed by atoms with Crippen LogP contribution in [0.2, 0.25) is 0 Å². The van der Waals surface area contributed by atoms with Crippen LogP contribution >= 0.6 is 0 Å². The van der Waals surface area contributed by atoms with Crippen molar-refractivity contribution in [2.75, 3.05) is 11.9 Å². The molecular formula is C14H20N2. The molecule has 0 aliphatic carbocycles. The average Bonchev–Trinajstić information content (AvgIpc) is 2.32. The quantitative estimate of drug-likeness (QED) is 0.814. The Labute approximate surface area is 98.3 Å². The lowest BCUT2D eigenvalue weighted by Crippen LogP contribution is -2.13. The predicted octanol–water partition coefficient (Wildman–Crippen LogP) is 3.71. The van der Waals surface area contributed by atoms with Crippen molar-refractivity contribution in [2.24, 2.45) is 5.92 Å². The zero-order valence-electron chi connectivity index (χ0n) is 10.4. The predicted molar refractivity (Wildman–Crippen MR) is 68.5 cm³/mol. The van der Waals surface area contributed by atoms with E-state index in [-0.39, 0.29) is 0 Å². The van der Waals surface area contributed by atoms with E-state index < -0.39 is 0 Å². The number of aryl methyl sites for hydroxylation is 1. The van der Waals surface area contributed by atoms with Crippen LogP contribution in [0.3, 0.4) is 0 Å². The molecule has 1 rings (SSSR count). The third kappa shape index (κ3) is 3.27. The summed E-state index contributed by atoms with van der Waals surface area (Å²) < 4.78 is 0. The Hall–Kier alpha value is -1.49. The van der Waals surface area contributed by atoms with E-state index in [1.807, 2.05) is 18.2 Å². The van der Waals surface area contributed by atoms with Gasteiger partial charge < -0.3 is 5.32 Å². The number of nitriles is 1. The monoisotopic (exact) mass is 216 g/mol. The van der Waals surface area contributed by atoms with Gasteiger partial charge in [-0.15, -0.1) is 0 Å². The van der Waals surface area contributed by atoms with E-state index in [1.165, 1.54) is 18.4 Å². The van der Waals surface area contributed by atoms with E-state index in [9.17, 15) is 0 Å². The van der Waals surface area contributed by atoms with Gasteiger partial charge in [0, 0.05) is 12.2 Å². The van der Waals surface area contributed by atoms with Crippen molar-refractivity contribution in [1.29, 1.82) is 5.26 Å². The number of hydrogen-bond donors (Lipinski definition) is 1. The summed E-state index contributed by atoms with van der Waals surface area (Å²) in [5.74, 6) is 0.713. The first-order valence-corrected chi connectivity index (χ1v) is 5.95. The number of anilines is 1. The van der Waals surface area contributed by atoms with E-state index in [0.717, 1.165) is 17.8 Å². The molecule has 0 aromatic heterocycles. The minimum Gasteiger partial charge on any atom is -0.385 e. The Balaban J connectivity index is 2.69. The summed E-state index contributed by atoms with van der Waals surface area (Å²) in [6, 6.07) is 7.95. The standard InChI is InChI=1S/C14H20N2/c1-4-12(5-2)10-16-14-8-13(9-15)7-6-11(14)3/h6-8,12,16H,4-5,10H2,1-3H3. The third-order valence-electron chi connectivity index (χ3n) is 3.10. The van der Waals surface area contributed by atoms with Gasteiger partial charge in [-0.25, -0.2) is 0 Å². The second-order valence-corrected chi connectivity index (χ2v) is 4.20. The summed E-state index contributed by atoms with van der Waals surface area (Å²) in [5.41, 5.74) is 3.01. The van der Waals surface area contributed by atoms with Crippen molar-refractivity contribution < 1.29 is 0 Å². The zero-order chi connectivity index (χ0) is 12.0. The van der Waals surface area contributed by atoms with Crippen molar-refractivity contribution in [1.82, 2.24) is 0 Å². The van der Waals surface area contributed by atoms with Gasteiger partial charge in [-0.3, -0.25) is 0 Å². The summed E-state index contributed by atoms with van der Waals surface area (Å²) in [4.78, 5) is 0. The molecule has 0 aliphatic heterocycles. The minimum absolute atomic E-state index is 0.713. The van der Waals surface area contributed by atoms with Gasteiger partial charge in [0.2, 0.25) is 0 Å². The van der Waals surface area contributed by atoms with Crippen LogP contribution in [0.4, 0.5) is 5.69 Å². The fraction of sp³-hybridized carbons (Fsp3) is 0.500. The molecule has 2 nitrogen and oxygen atoms in total. The van der Waals surface area contributed by atoms with Gasteiger partial charge in [0.05, 0.1) is 11.6 Å². The second-order valence-electron chi connectivity index (χ2n) is 4.20. The molecule has 0 saturated carbocycles. The van der Waals surface area contributed by atoms with Crippen LogP contribution in [0.25, 0.3) is 0 Å². The van der Waals surface area contributed by atoms with Crippen LogP contribution in [0.5, 0.6) is 0 Å². The maximum atomic E-state index is 8.84. The highest BCUT2D eigenvalue weighted by Crippen LogP contribution is 2.18. The van der Waals surface area contributed by atoms with Gasteiger partial charge >= 0.3 is 0 Å². The molecule has 1 aromatic rings. The van der Waals surface area contributed by atoms with Gasteiger partial charge in [-0.05, 0) is 30.5 Å². The number of nitrogens with one attached hydrogen (secondary N) is 1. The SMILES string of the molecule is CCC(CC)CNc1cc(C#N)ccc1C. The highest BCUT2D eigenvalue weighted by Gasteiger charge is 2.04. The van der Waals surface area contributed by atoms with Gasteiger partial charge in [0.25, 0.3) is 0 Å². The largest absolute Gasteiger partial charge is 0.385 e. The van der Waals surface area contributed by atoms with Gasteiger partial charge in [-0.2, -0.15) is 5.26 Å². The molecule has 0 saturated heterocycles. The van der Waals surface area contributed by atoms with E-state index in [4.69, 9.17) is 5.26 Å². The molecule has 0 aliphatic rings. The maximum Gasteiger partial charge on any atom is 0.0992 e. The molecule has 1 N–H and O–H groups in total. The molecule has 0 atom stereocenters. The Morgan fingerprint density at radius 1 is 1.31 bits per heavy atom. The van der Waals surface area contributed by atoms with Crippen molar-refractivity contribution >= 4 is 5.69 Å². The Kier molecular flexibility index (Phi) is 4.85. The van der Waals surface area contributed by atoms with Crippen LogP contribution in [-0.2, 0) is 0 Å². The Bertz CT molecular complexity index is 373. The lowest BCUT2D eigenvalue weighted by molar-refractivity contribution is 0.519. The number of hydrogen-bond acceptors (Lipinski definition) is 2. The first kappa shape index (κ1) is 12.6. The fourth-order valence-corrected chi connectivity index (χ4v) is 1.71. The molecule has 0 heterocycles. The smallest absolute Gasteiger partial charge is 0.0992 e. The summed E-state index contributed by atoms with van der Waals surface area (Å²) in [5, 5.41) is 12.3. The molecule has 0 unspecified atom stereocenters. The normalized spacial score (nSPS) is 10.2. The highest BCUT2D eigenvalue weighted by molar-refractivity contribution is 5.55. The average molecular weight is 216 g/mol. The van der Waals surface area contributed by atoms with E-state index in [2.05, 4.69) is 32.2 Å². The van der Waals surface area contributed by atoms with Gasteiger partial charge in [0.15, 0.2) is 0 Å². The maximum absolute atomic E-state index is 8.84. The lowest BCUT2D eigenvalue weighted by atomic mass is 10.0. The van der Waals surface area contributed by atoms with Gasteiger partial charge in [-0.1, -0.05) is 32.8 Å². The van der Waals surface area contributed by atoms with Gasteiger partial charge in [0.1, 0.15) is 0 Å². The molecule has 0 amide bonds.